The quantitative estimate of drug-likeness (QED) is 0.570. The lowest BCUT2D eigenvalue weighted by atomic mass is 9.99. The molecule has 1 rings (SSSR count). The summed E-state index contributed by atoms with van der Waals surface area (Å²) in [5, 5.41) is 0. The highest BCUT2D eigenvalue weighted by Gasteiger charge is 2.09. The Morgan fingerprint density at radius 3 is 2.00 bits per heavy atom. The minimum Gasteiger partial charge on any atom is -0.295 e. The third kappa shape index (κ3) is 2.66. The molecule has 1 aromatic rings. The Labute approximate surface area is 96.0 Å². The zero-order chi connectivity index (χ0) is 12.1. The first kappa shape index (κ1) is 12.4. The number of carbonyl (C=O) groups is 2. The Bertz CT molecular complexity index is 425. The van der Waals surface area contributed by atoms with Crippen LogP contribution in [0, 0.1) is 0 Å². The second-order valence-electron chi connectivity index (χ2n) is 3.63. The van der Waals surface area contributed by atoms with Crippen molar-refractivity contribution in [3.63, 3.8) is 0 Å². The second kappa shape index (κ2) is 5.40. The Morgan fingerprint density at radius 2 is 1.62 bits per heavy atom. The fourth-order valence-electron chi connectivity index (χ4n) is 1.54. The fraction of sp³-hybridized carbons (Fsp3) is 0.286. The largest absolute Gasteiger partial charge is 0.295 e. The van der Waals surface area contributed by atoms with E-state index in [0.29, 0.717) is 11.1 Å². The molecule has 0 aliphatic rings. The van der Waals surface area contributed by atoms with E-state index in [-0.39, 0.29) is 11.6 Å². The predicted octanol–water partition coefficient (Wildman–Crippen LogP) is 3.43. The maximum atomic E-state index is 11.9. The Hall–Kier alpha value is -1.70. The van der Waals surface area contributed by atoms with Crippen molar-refractivity contribution in [1.29, 1.82) is 0 Å². The van der Waals surface area contributed by atoms with E-state index >= 15 is 0 Å². The highest BCUT2D eigenvalue weighted by Crippen LogP contribution is 2.12. The van der Waals surface area contributed by atoms with E-state index < -0.39 is 0 Å². The molecule has 2 heteroatoms. The highest BCUT2D eigenvalue weighted by atomic mass is 16.1. The SMILES string of the molecule is C/C=C(\CC)C(=O)c1ccc(C(C)=O)cc1. The van der Waals surface area contributed by atoms with E-state index in [9.17, 15) is 9.59 Å². The molecule has 0 unspecified atom stereocenters. The number of rotatable bonds is 4. The molecule has 0 bridgehead atoms. The average molecular weight is 216 g/mol. The van der Waals surface area contributed by atoms with Crippen LogP contribution in [0.15, 0.2) is 35.9 Å². The molecule has 0 N–H and O–H groups in total. The lowest BCUT2D eigenvalue weighted by Crippen LogP contribution is -2.03. The van der Waals surface area contributed by atoms with Gasteiger partial charge in [-0.3, -0.25) is 9.59 Å². The Morgan fingerprint density at radius 1 is 1.12 bits per heavy atom. The van der Waals surface area contributed by atoms with Crippen LogP contribution in [0.5, 0.6) is 0 Å². The van der Waals surface area contributed by atoms with Crippen LogP contribution >= 0.6 is 0 Å². The lowest BCUT2D eigenvalue weighted by molar-refractivity contribution is 0.101. The van der Waals surface area contributed by atoms with E-state index in [1.54, 1.807) is 24.3 Å². The van der Waals surface area contributed by atoms with Crippen LogP contribution in [0.3, 0.4) is 0 Å². The molecule has 84 valence electrons. The van der Waals surface area contributed by atoms with Gasteiger partial charge in [0.2, 0.25) is 0 Å². The van der Waals surface area contributed by atoms with Crippen LogP contribution in [-0.4, -0.2) is 11.6 Å². The molecule has 0 spiro atoms. The number of allylic oxidation sites excluding steroid dienone is 2. The first-order chi connectivity index (χ1) is 7.60. The van der Waals surface area contributed by atoms with Gasteiger partial charge in [0.1, 0.15) is 0 Å². The van der Waals surface area contributed by atoms with Gasteiger partial charge in [-0.25, -0.2) is 0 Å². The van der Waals surface area contributed by atoms with Gasteiger partial charge in [0.15, 0.2) is 11.6 Å². The van der Waals surface area contributed by atoms with E-state index in [1.807, 2.05) is 19.9 Å². The normalized spacial score (nSPS) is 11.3. The first-order valence-electron chi connectivity index (χ1n) is 5.41. The molecule has 2 nitrogen and oxygen atoms in total. The standard InChI is InChI=1S/C14H16O2/c1-4-11(5-2)14(16)13-8-6-12(7-9-13)10(3)15/h4,6-9H,5H2,1-3H3/b11-4+. The minimum absolute atomic E-state index is 0.0146. The summed E-state index contributed by atoms with van der Waals surface area (Å²) in [6, 6.07) is 6.80. The summed E-state index contributed by atoms with van der Waals surface area (Å²) in [5.41, 5.74) is 2.07. The smallest absolute Gasteiger partial charge is 0.188 e. The van der Waals surface area contributed by atoms with Gasteiger partial charge in [0.25, 0.3) is 0 Å². The monoisotopic (exact) mass is 216 g/mol. The van der Waals surface area contributed by atoms with Crippen molar-refractivity contribution >= 4 is 11.6 Å². The Balaban J connectivity index is 2.98. The van der Waals surface area contributed by atoms with Gasteiger partial charge in [-0.15, -0.1) is 0 Å². The molecule has 0 heterocycles. The van der Waals surface area contributed by atoms with Crippen molar-refractivity contribution in [1.82, 2.24) is 0 Å². The van der Waals surface area contributed by atoms with Crippen LogP contribution in [0.2, 0.25) is 0 Å². The maximum absolute atomic E-state index is 11.9. The zero-order valence-electron chi connectivity index (χ0n) is 9.91. The minimum atomic E-state index is 0.0146. The summed E-state index contributed by atoms with van der Waals surface area (Å²) in [5.74, 6) is 0.0563. The number of Topliss-reactive ketones (excluding diaryl/α,β-unsaturated/α-hetero) is 2. The van der Waals surface area contributed by atoms with E-state index in [4.69, 9.17) is 0 Å². The topological polar surface area (TPSA) is 34.1 Å². The molecule has 1 aromatic carbocycles. The second-order valence-corrected chi connectivity index (χ2v) is 3.63. The summed E-state index contributed by atoms with van der Waals surface area (Å²) in [7, 11) is 0. The molecular weight excluding hydrogens is 200 g/mol. The van der Waals surface area contributed by atoms with E-state index in [1.165, 1.54) is 6.92 Å². The van der Waals surface area contributed by atoms with Gasteiger partial charge in [-0.05, 0) is 25.8 Å². The summed E-state index contributed by atoms with van der Waals surface area (Å²) in [6.45, 7) is 5.33. The van der Waals surface area contributed by atoms with Crippen molar-refractivity contribution in [3.8, 4) is 0 Å². The van der Waals surface area contributed by atoms with Crippen molar-refractivity contribution in [2.75, 3.05) is 0 Å². The predicted molar refractivity (Wildman–Crippen MR) is 64.8 cm³/mol. The molecular formula is C14H16O2. The number of hydrogen-bond donors (Lipinski definition) is 0. The molecule has 0 saturated heterocycles. The van der Waals surface area contributed by atoms with Gasteiger partial charge >= 0.3 is 0 Å². The van der Waals surface area contributed by atoms with Crippen molar-refractivity contribution in [2.45, 2.75) is 27.2 Å². The number of hydrogen-bond acceptors (Lipinski definition) is 2. The number of carbonyl (C=O) groups excluding carboxylic acids is 2. The van der Waals surface area contributed by atoms with Crippen LogP contribution in [0.4, 0.5) is 0 Å². The van der Waals surface area contributed by atoms with Crippen molar-refractivity contribution in [3.05, 3.63) is 47.0 Å². The van der Waals surface area contributed by atoms with Crippen LogP contribution in [0.25, 0.3) is 0 Å². The van der Waals surface area contributed by atoms with Gasteiger partial charge in [-0.2, -0.15) is 0 Å². The van der Waals surface area contributed by atoms with Crippen molar-refractivity contribution in [2.24, 2.45) is 0 Å². The summed E-state index contributed by atoms with van der Waals surface area (Å²) < 4.78 is 0. The van der Waals surface area contributed by atoms with Crippen LogP contribution in [0.1, 0.15) is 47.9 Å². The molecule has 0 fully saturated rings. The zero-order valence-corrected chi connectivity index (χ0v) is 9.91. The summed E-state index contributed by atoms with van der Waals surface area (Å²) in [6.07, 6.45) is 2.56. The van der Waals surface area contributed by atoms with Gasteiger partial charge in [-0.1, -0.05) is 37.3 Å². The molecule has 0 aliphatic carbocycles. The first-order valence-corrected chi connectivity index (χ1v) is 5.41. The summed E-state index contributed by atoms with van der Waals surface area (Å²) >= 11 is 0. The van der Waals surface area contributed by atoms with Crippen LogP contribution in [-0.2, 0) is 0 Å². The third-order valence-electron chi connectivity index (χ3n) is 2.57. The molecule has 0 saturated carbocycles. The van der Waals surface area contributed by atoms with E-state index in [2.05, 4.69) is 0 Å². The summed E-state index contributed by atoms with van der Waals surface area (Å²) in [4.78, 5) is 23.0. The van der Waals surface area contributed by atoms with Gasteiger partial charge < -0.3 is 0 Å². The molecule has 0 aliphatic heterocycles. The lowest BCUT2D eigenvalue weighted by Gasteiger charge is -2.03. The third-order valence-corrected chi connectivity index (χ3v) is 2.57. The molecule has 0 aromatic heterocycles. The maximum Gasteiger partial charge on any atom is 0.188 e. The fourth-order valence-corrected chi connectivity index (χ4v) is 1.54. The number of benzene rings is 1. The van der Waals surface area contributed by atoms with Gasteiger partial charge in [0.05, 0.1) is 0 Å². The molecule has 0 amide bonds. The Kier molecular flexibility index (Phi) is 4.18. The highest BCUT2D eigenvalue weighted by molar-refractivity contribution is 6.09. The molecule has 16 heavy (non-hydrogen) atoms. The molecule has 0 radical (unpaired) electrons. The van der Waals surface area contributed by atoms with Gasteiger partial charge in [0, 0.05) is 11.1 Å². The number of ketones is 2. The van der Waals surface area contributed by atoms with E-state index in [0.717, 1.165) is 12.0 Å². The average Bonchev–Trinajstić information content (AvgIpc) is 2.30. The molecule has 0 atom stereocenters. The van der Waals surface area contributed by atoms with Crippen molar-refractivity contribution < 1.29 is 9.59 Å². The van der Waals surface area contributed by atoms with Crippen LogP contribution < -0.4 is 0 Å².